The molecule has 0 saturated carbocycles. The van der Waals surface area contributed by atoms with Crippen molar-refractivity contribution in [2.24, 2.45) is 0 Å². The number of β-amino-alcohol motifs (C(OH)–C–C–N with tert-alkyl or cyclic N) is 1. The van der Waals surface area contributed by atoms with E-state index in [0.717, 1.165) is 6.42 Å². The first kappa shape index (κ1) is 19.9. The Morgan fingerprint density at radius 1 is 1.15 bits per heavy atom. The first-order chi connectivity index (χ1) is 12.8. The van der Waals surface area contributed by atoms with Crippen molar-refractivity contribution >= 4 is 44.8 Å². The number of sulfonamides is 1. The van der Waals surface area contributed by atoms with E-state index in [2.05, 4.69) is 4.72 Å². The minimum atomic E-state index is -3.92. The van der Waals surface area contributed by atoms with Crippen molar-refractivity contribution in [3.8, 4) is 0 Å². The van der Waals surface area contributed by atoms with E-state index in [-0.39, 0.29) is 20.8 Å². The summed E-state index contributed by atoms with van der Waals surface area (Å²) in [5, 5.41) is 10.0. The molecule has 2 N–H and O–H groups in total. The summed E-state index contributed by atoms with van der Waals surface area (Å²) >= 11 is 11.8. The number of benzene rings is 2. The molecule has 3 rings (SSSR count). The molecule has 1 fully saturated rings. The quantitative estimate of drug-likeness (QED) is 0.780. The summed E-state index contributed by atoms with van der Waals surface area (Å²) in [5.74, 6) is -0.193. The van der Waals surface area contributed by atoms with E-state index in [1.807, 2.05) is 0 Å². The zero-order chi connectivity index (χ0) is 19.6. The Bertz CT molecular complexity index is 948. The summed E-state index contributed by atoms with van der Waals surface area (Å²) < 4.78 is 27.5. The number of carbonyl (C=O) groups excluding carboxylic acids is 1. The number of aliphatic hydroxyl groups excluding tert-OH is 1. The zero-order valence-electron chi connectivity index (χ0n) is 14.2. The third kappa shape index (κ3) is 4.73. The third-order valence-electron chi connectivity index (χ3n) is 4.25. The summed E-state index contributed by atoms with van der Waals surface area (Å²) in [5.41, 5.74) is 0.717. The van der Waals surface area contributed by atoms with Gasteiger partial charge in [0, 0.05) is 29.4 Å². The van der Waals surface area contributed by atoms with Crippen LogP contribution in [0.5, 0.6) is 0 Å². The number of rotatable bonds is 4. The van der Waals surface area contributed by atoms with Gasteiger partial charge in [0.2, 0.25) is 0 Å². The molecular formula is C18H18Cl2N2O4S. The average Bonchev–Trinajstić information content (AvgIpc) is 2.63. The van der Waals surface area contributed by atoms with Crippen molar-refractivity contribution in [2.75, 3.05) is 17.8 Å². The van der Waals surface area contributed by atoms with Crippen LogP contribution in [0.25, 0.3) is 0 Å². The maximum Gasteiger partial charge on any atom is 0.263 e. The van der Waals surface area contributed by atoms with E-state index in [0.29, 0.717) is 30.8 Å². The van der Waals surface area contributed by atoms with Crippen molar-refractivity contribution in [1.82, 2.24) is 4.90 Å². The monoisotopic (exact) mass is 428 g/mol. The number of anilines is 1. The zero-order valence-corrected chi connectivity index (χ0v) is 16.6. The van der Waals surface area contributed by atoms with Gasteiger partial charge in [-0.25, -0.2) is 8.42 Å². The standard InChI is InChI=1S/C18H18Cl2N2O4S/c19-13-5-8-16(20)17(10-13)27(25,26)21-14-6-3-12(4-7-14)18(24)22-9-1-2-15(23)11-22/h3-8,10,15,21,23H,1-2,9,11H2. The second-order valence-corrected chi connectivity index (χ2v) is 8.80. The highest BCUT2D eigenvalue weighted by Crippen LogP contribution is 2.27. The molecule has 9 heteroatoms. The van der Waals surface area contributed by atoms with Gasteiger partial charge in [-0.05, 0) is 55.3 Å². The van der Waals surface area contributed by atoms with Gasteiger partial charge in [0.25, 0.3) is 15.9 Å². The number of hydrogen-bond donors (Lipinski definition) is 2. The predicted molar refractivity (Wildman–Crippen MR) is 105 cm³/mol. The largest absolute Gasteiger partial charge is 0.391 e. The molecule has 1 atom stereocenters. The second-order valence-electron chi connectivity index (χ2n) is 6.30. The summed E-state index contributed by atoms with van der Waals surface area (Å²) in [6.45, 7) is 0.901. The molecule has 1 aliphatic heterocycles. The fourth-order valence-electron chi connectivity index (χ4n) is 2.90. The number of hydrogen-bond acceptors (Lipinski definition) is 4. The van der Waals surface area contributed by atoms with Gasteiger partial charge in [-0.1, -0.05) is 23.2 Å². The molecule has 1 unspecified atom stereocenters. The lowest BCUT2D eigenvalue weighted by molar-refractivity contribution is 0.0474. The van der Waals surface area contributed by atoms with Crippen molar-refractivity contribution in [3.63, 3.8) is 0 Å². The van der Waals surface area contributed by atoms with Crippen LogP contribution in [-0.4, -0.2) is 43.5 Å². The van der Waals surface area contributed by atoms with E-state index >= 15 is 0 Å². The molecule has 6 nitrogen and oxygen atoms in total. The van der Waals surface area contributed by atoms with Gasteiger partial charge in [-0.15, -0.1) is 0 Å². The van der Waals surface area contributed by atoms with Crippen LogP contribution in [-0.2, 0) is 10.0 Å². The molecule has 1 amide bonds. The van der Waals surface area contributed by atoms with Gasteiger partial charge in [-0.3, -0.25) is 9.52 Å². The molecule has 0 spiro atoms. The number of nitrogens with zero attached hydrogens (tertiary/aromatic N) is 1. The van der Waals surface area contributed by atoms with Gasteiger partial charge in [0.05, 0.1) is 11.1 Å². The fourth-order valence-corrected chi connectivity index (χ4v) is 4.72. The normalized spacial score (nSPS) is 17.6. The average molecular weight is 429 g/mol. The van der Waals surface area contributed by atoms with Crippen LogP contribution in [0.1, 0.15) is 23.2 Å². The van der Waals surface area contributed by atoms with Crippen LogP contribution < -0.4 is 4.72 Å². The minimum absolute atomic E-state index is 0.0577. The predicted octanol–water partition coefficient (Wildman–Crippen LogP) is 3.39. The van der Waals surface area contributed by atoms with E-state index in [1.54, 1.807) is 17.0 Å². The van der Waals surface area contributed by atoms with Crippen LogP contribution in [0, 0.1) is 0 Å². The first-order valence-corrected chi connectivity index (χ1v) is 10.6. The van der Waals surface area contributed by atoms with Crippen LogP contribution in [0.3, 0.4) is 0 Å². The van der Waals surface area contributed by atoms with E-state index < -0.39 is 16.1 Å². The molecule has 0 aromatic heterocycles. The maximum absolute atomic E-state index is 12.5. The maximum atomic E-state index is 12.5. The number of carbonyl (C=O) groups is 1. The third-order valence-corrected chi connectivity index (χ3v) is 6.35. The van der Waals surface area contributed by atoms with Gasteiger partial charge in [-0.2, -0.15) is 0 Å². The van der Waals surface area contributed by atoms with E-state index in [9.17, 15) is 18.3 Å². The Balaban J connectivity index is 1.75. The van der Waals surface area contributed by atoms with Crippen molar-refractivity contribution in [2.45, 2.75) is 23.8 Å². The Morgan fingerprint density at radius 2 is 1.85 bits per heavy atom. The van der Waals surface area contributed by atoms with Crippen molar-refractivity contribution in [3.05, 3.63) is 58.1 Å². The topological polar surface area (TPSA) is 86.7 Å². The molecular weight excluding hydrogens is 411 g/mol. The molecule has 27 heavy (non-hydrogen) atoms. The van der Waals surface area contributed by atoms with E-state index in [4.69, 9.17) is 23.2 Å². The van der Waals surface area contributed by atoms with Crippen LogP contribution >= 0.6 is 23.2 Å². The molecule has 1 saturated heterocycles. The van der Waals surface area contributed by atoms with Gasteiger partial charge in [0.15, 0.2) is 0 Å². The SMILES string of the molecule is O=C(c1ccc(NS(=O)(=O)c2cc(Cl)ccc2Cl)cc1)N1CCCC(O)C1. The molecule has 144 valence electrons. The van der Waals surface area contributed by atoms with Gasteiger partial charge >= 0.3 is 0 Å². The Hall–Kier alpha value is -1.80. The molecule has 0 radical (unpaired) electrons. The number of aliphatic hydroxyl groups is 1. The molecule has 2 aromatic rings. The number of likely N-dealkylation sites (tertiary alicyclic amines) is 1. The van der Waals surface area contributed by atoms with Crippen LogP contribution in [0.4, 0.5) is 5.69 Å². The lowest BCUT2D eigenvalue weighted by Gasteiger charge is -2.30. The van der Waals surface area contributed by atoms with Crippen LogP contribution in [0.15, 0.2) is 47.4 Å². The van der Waals surface area contributed by atoms with E-state index in [1.165, 1.54) is 30.3 Å². The molecule has 0 aliphatic carbocycles. The molecule has 1 aliphatic rings. The van der Waals surface area contributed by atoms with Crippen LogP contribution in [0.2, 0.25) is 10.0 Å². The highest BCUT2D eigenvalue weighted by atomic mass is 35.5. The summed E-state index contributed by atoms with van der Waals surface area (Å²) in [4.78, 5) is 14.0. The number of halogens is 2. The molecule has 0 bridgehead atoms. The smallest absolute Gasteiger partial charge is 0.263 e. The second kappa shape index (κ2) is 8.06. The highest BCUT2D eigenvalue weighted by molar-refractivity contribution is 7.92. The lowest BCUT2D eigenvalue weighted by atomic mass is 10.1. The highest BCUT2D eigenvalue weighted by Gasteiger charge is 2.23. The molecule has 1 heterocycles. The minimum Gasteiger partial charge on any atom is -0.391 e. The van der Waals surface area contributed by atoms with Crippen molar-refractivity contribution in [1.29, 1.82) is 0 Å². The summed E-state index contributed by atoms with van der Waals surface area (Å²) in [6.07, 6.45) is 0.943. The Labute approximate surface area is 167 Å². The van der Waals surface area contributed by atoms with Gasteiger partial charge in [0.1, 0.15) is 4.90 Å². The first-order valence-electron chi connectivity index (χ1n) is 8.31. The number of nitrogens with one attached hydrogen (secondary N) is 1. The fraction of sp³-hybridized carbons (Fsp3) is 0.278. The lowest BCUT2D eigenvalue weighted by Crippen LogP contribution is -2.42. The summed E-state index contributed by atoms with van der Waals surface area (Å²) in [7, 11) is -3.92. The number of piperidine rings is 1. The van der Waals surface area contributed by atoms with Crippen molar-refractivity contribution < 1.29 is 18.3 Å². The van der Waals surface area contributed by atoms with Gasteiger partial charge < -0.3 is 10.0 Å². The molecule has 2 aromatic carbocycles. The Morgan fingerprint density at radius 3 is 2.52 bits per heavy atom. The summed E-state index contributed by atoms with van der Waals surface area (Å²) in [6, 6.07) is 10.3. The Kier molecular flexibility index (Phi) is 5.95. The number of amides is 1.